The molecule has 1 rings (SSSR count). The van der Waals surface area contributed by atoms with Crippen molar-refractivity contribution in [3.8, 4) is 0 Å². The van der Waals surface area contributed by atoms with E-state index in [2.05, 4.69) is 23.1 Å². The van der Waals surface area contributed by atoms with Crippen LogP contribution in [0.5, 0.6) is 0 Å². The van der Waals surface area contributed by atoms with Crippen molar-refractivity contribution >= 4 is 11.8 Å². The van der Waals surface area contributed by atoms with Gasteiger partial charge in [-0.1, -0.05) is 0 Å². The van der Waals surface area contributed by atoms with E-state index < -0.39 is 0 Å². The summed E-state index contributed by atoms with van der Waals surface area (Å²) in [6.07, 6.45) is 6.03. The molecule has 0 aliphatic carbocycles. The predicted octanol–water partition coefficient (Wildman–Crippen LogP) is 1.09. The van der Waals surface area contributed by atoms with Gasteiger partial charge < -0.3 is 10.6 Å². The second-order valence-corrected chi connectivity index (χ2v) is 5.70. The van der Waals surface area contributed by atoms with Gasteiger partial charge in [-0.3, -0.25) is 4.90 Å². The molecule has 1 aliphatic heterocycles. The van der Waals surface area contributed by atoms with E-state index in [9.17, 15) is 0 Å². The zero-order chi connectivity index (χ0) is 11.8. The summed E-state index contributed by atoms with van der Waals surface area (Å²) < 4.78 is 0. The summed E-state index contributed by atoms with van der Waals surface area (Å²) in [6.45, 7) is 5.67. The van der Waals surface area contributed by atoms with Gasteiger partial charge in [0.05, 0.1) is 0 Å². The average Bonchev–Trinajstić information content (AvgIpc) is 2.50. The van der Waals surface area contributed by atoms with Gasteiger partial charge in [0.2, 0.25) is 0 Å². The Morgan fingerprint density at radius 2 is 2.06 bits per heavy atom. The van der Waals surface area contributed by atoms with E-state index in [-0.39, 0.29) is 0 Å². The first-order valence-corrected chi connectivity index (χ1v) is 7.79. The smallest absolute Gasteiger partial charge is 0.0219 e. The normalized spacial score (nSPS) is 21.9. The molecule has 0 spiro atoms. The van der Waals surface area contributed by atoms with E-state index in [1.807, 2.05) is 11.8 Å². The van der Waals surface area contributed by atoms with E-state index in [1.54, 1.807) is 0 Å². The number of nitrogens with two attached hydrogens (primary N) is 1. The van der Waals surface area contributed by atoms with Crippen LogP contribution in [0.1, 0.15) is 19.3 Å². The maximum atomic E-state index is 5.91. The van der Waals surface area contributed by atoms with Crippen molar-refractivity contribution in [2.24, 2.45) is 5.73 Å². The van der Waals surface area contributed by atoms with E-state index in [0.29, 0.717) is 6.04 Å². The first kappa shape index (κ1) is 14.3. The van der Waals surface area contributed by atoms with Crippen LogP contribution >= 0.6 is 11.8 Å². The molecule has 16 heavy (non-hydrogen) atoms. The van der Waals surface area contributed by atoms with Crippen LogP contribution in [-0.4, -0.2) is 67.6 Å². The van der Waals surface area contributed by atoms with E-state index >= 15 is 0 Å². The third kappa shape index (κ3) is 5.04. The number of hydrogen-bond acceptors (Lipinski definition) is 4. The first-order valence-electron chi connectivity index (χ1n) is 6.39. The molecule has 3 nitrogen and oxygen atoms in total. The van der Waals surface area contributed by atoms with Crippen LogP contribution in [0.25, 0.3) is 0 Å². The summed E-state index contributed by atoms with van der Waals surface area (Å²) in [7, 11) is 2.22. The van der Waals surface area contributed by atoms with Crippen LogP contribution < -0.4 is 5.73 Å². The van der Waals surface area contributed by atoms with Gasteiger partial charge in [0.15, 0.2) is 0 Å². The number of hydrogen-bond donors (Lipinski definition) is 1. The Morgan fingerprint density at radius 1 is 1.25 bits per heavy atom. The molecule has 0 aromatic rings. The largest absolute Gasteiger partial charge is 0.329 e. The Hall–Kier alpha value is 0.230. The Labute approximate surface area is 105 Å². The summed E-state index contributed by atoms with van der Waals surface area (Å²) in [5, 5.41) is 0. The lowest BCUT2D eigenvalue weighted by Gasteiger charge is -2.29. The van der Waals surface area contributed by atoms with Crippen molar-refractivity contribution in [1.82, 2.24) is 9.80 Å². The molecule has 4 heteroatoms. The fourth-order valence-corrected chi connectivity index (χ4v) is 2.80. The Bertz CT molecular complexity index is 178. The molecular formula is C12H27N3S. The van der Waals surface area contributed by atoms with Gasteiger partial charge in [0.25, 0.3) is 0 Å². The fourth-order valence-electron chi connectivity index (χ4n) is 2.34. The van der Waals surface area contributed by atoms with Crippen molar-refractivity contribution in [2.75, 3.05) is 51.8 Å². The van der Waals surface area contributed by atoms with Crippen molar-refractivity contribution < 1.29 is 0 Å². The molecule has 0 amide bonds. The van der Waals surface area contributed by atoms with Crippen LogP contribution in [0.2, 0.25) is 0 Å². The van der Waals surface area contributed by atoms with Gasteiger partial charge >= 0.3 is 0 Å². The minimum absolute atomic E-state index is 0.610. The number of nitrogens with zero attached hydrogens (tertiary/aromatic N) is 2. The van der Waals surface area contributed by atoms with Crippen molar-refractivity contribution in [3.63, 3.8) is 0 Å². The van der Waals surface area contributed by atoms with Crippen molar-refractivity contribution in [3.05, 3.63) is 0 Å². The molecule has 0 saturated carbocycles. The zero-order valence-electron chi connectivity index (χ0n) is 10.8. The van der Waals surface area contributed by atoms with Gasteiger partial charge in [0, 0.05) is 25.7 Å². The summed E-state index contributed by atoms with van der Waals surface area (Å²) in [6, 6.07) is 0.610. The van der Waals surface area contributed by atoms with Crippen LogP contribution in [0.4, 0.5) is 0 Å². The summed E-state index contributed by atoms with van der Waals surface area (Å²) in [5.41, 5.74) is 5.91. The third-order valence-corrected chi connectivity index (χ3v) is 4.13. The zero-order valence-corrected chi connectivity index (χ0v) is 11.6. The van der Waals surface area contributed by atoms with E-state index in [0.717, 1.165) is 6.54 Å². The molecule has 1 aliphatic rings. The van der Waals surface area contributed by atoms with Gasteiger partial charge in [-0.25, -0.2) is 0 Å². The van der Waals surface area contributed by atoms with E-state index in [1.165, 1.54) is 51.2 Å². The van der Waals surface area contributed by atoms with Crippen LogP contribution in [0.3, 0.4) is 0 Å². The van der Waals surface area contributed by atoms with Gasteiger partial charge in [-0.2, -0.15) is 11.8 Å². The topological polar surface area (TPSA) is 32.5 Å². The van der Waals surface area contributed by atoms with Gasteiger partial charge in [0.1, 0.15) is 0 Å². The molecule has 1 unspecified atom stereocenters. The number of thioether (sulfide) groups is 1. The lowest BCUT2D eigenvalue weighted by Crippen LogP contribution is -2.42. The highest BCUT2D eigenvalue weighted by atomic mass is 32.2. The monoisotopic (exact) mass is 245 g/mol. The fraction of sp³-hybridized carbons (Fsp3) is 1.00. The maximum Gasteiger partial charge on any atom is 0.0219 e. The minimum atomic E-state index is 0.610. The van der Waals surface area contributed by atoms with Crippen LogP contribution in [0.15, 0.2) is 0 Å². The lowest BCUT2D eigenvalue weighted by atomic mass is 10.1. The highest BCUT2D eigenvalue weighted by Crippen LogP contribution is 2.11. The molecule has 1 fully saturated rings. The molecule has 1 saturated heterocycles. The number of rotatable bonds is 6. The molecule has 1 atom stereocenters. The highest BCUT2D eigenvalue weighted by Gasteiger charge is 2.19. The standard InChI is InChI=1S/C12H27N3S/c1-14-6-4-7-15(9-8-14)12(11-13)5-3-10-16-2/h12H,3-11,13H2,1-2H3. The van der Waals surface area contributed by atoms with Gasteiger partial charge in [-0.05, 0) is 51.4 Å². The molecule has 0 aromatic heterocycles. The van der Waals surface area contributed by atoms with Crippen molar-refractivity contribution in [1.29, 1.82) is 0 Å². The molecule has 0 radical (unpaired) electrons. The summed E-state index contributed by atoms with van der Waals surface area (Å²) in [4.78, 5) is 5.03. The first-order chi connectivity index (χ1) is 7.77. The molecular weight excluding hydrogens is 218 g/mol. The minimum Gasteiger partial charge on any atom is -0.329 e. The Balaban J connectivity index is 2.32. The molecule has 0 bridgehead atoms. The number of likely N-dealkylation sites (N-methyl/N-ethyl adjacent to an activating group) is 1. The molecule has 0 aromatic carbocycles. The van der Waals surface area contributed by atoms with Crippen LogP contribution in [-0.2, 0) is 0 Å². The molecule has 1 heterocycles. The average molecular weight is 245 g/mol. The molecule has 2 N–H and O–H groups in total. The summed E-state index contributed by atoms with van der Waals surface area (Å²) in [5.74, 6) is 1.27. The Kier molecular flexibility index (Phi) is 7.45. The van der Waals surface area contributed by atoms with E-state index in [4.69, 9.17) is 5.73 Å². The second-order valence-electron chi connectivity index (χ2n) is 4.72. The third-order valence-electron chi connectivity index (χ3n) is 3.43. The maximum absolute atomic E-state index is 5.91. The highest BCUT2D eigenvalue weighted by molar-refractivity contribution is 7.98. The van der Waals surface area contributed by atoms with Gasteiger partial charge in [-0.15, -0.1) is 0 Å². The summed E-state index contributed by atoms with van der Waals surface area (Å²) >= 11 is 1.94. The Morgan fingerprint density at radius 3 is 2.75 bits per heavy atom. The molecule has 96 valence electrons. The predicted molar refractivity (Wildman–Crippen MR) is 74.1 cm³/mol. The lowest BCUT2D eigenvalue weighted by molar-refractivity contribution is 0.196. The SMILES string of the molecule is CSCCCC(CN)N1CCCN(C)CC1. The van der Waals surface area contributed by atoms with Crippen LogP contribution in [0, 0.1) is 0 Å². The van der Waals surface area contributed by atoms with Crippen molar-refractivity contribution in [2.45, 2.75) is 25.3 Å². The second kappa shape index (κ2) is 8.34. The quantitative estimate of drug-likeness (QED) is 0.710.